The molecule has 0 bridgehead atoms. The molecule has 1 heterocycles. The van der Waals surface area contributed by atoms with Gasteiger partial charge in [0.05, 0.1) is 6.67 Å². The molecule has 0 unspecified atom stereocenters. The maximum atomic E-state index is 14.0. The van der Waals surface area contributed by atoms with E-state index in [2.05, 4.69) is 5.32 Å². The molecular formula is C34H44F2N4O5S. The molecule has 4 N–H and O–H groups in total. The molecular weight excluding hydrogens is 614 g/mol. The van der Waals surface area contributed by atoms with Crippen LogP contribution in [0.15, 0.2) is 53.4 Å². The minimum atomic E-state index is -4.43. The average Bonchev–Trinajstić information content (AvgIpc) is 3.51. The number of hydrogen-bond acceptors (Lipinski definition) is 6. The van der Waals surface area contributed by atoms with Crippen LogP contribution in [-0.4, -0.2) is 56.3 Å². The Morgan fingerprint density at radius 2 is 1.59 bits per heavy atom. The summed E-state index contributed by atoms with van der Waals surface area (Å²) in [6, 6.07) is 9.71. The number of likely N-dealkylation sites (tertiary alicyclic amines) is 1. The van der Waals surface area contributed by atoms with Crippen molar-refractivity contribution in [2.75, 3.05) is 18.5 Å². The maximum absolute atomic E-state index is 14.0. The van der Waals surface area contributed by atoms with Gasteiger partial charge in [-0.25, -0.2) is 17.5 Å². The first-order valence-corrected chi connectivity index (χ1v) is 17.9. The molecule has 3 atom stereocenters. The number of rotatable bonds is 10. The van der Waals surface area contributed by atoms with Crippen molar-refractivity contribution in [1.29, 1.82) is 0 Å². The summed E-state index contributed by atoms with van der Waals surface area (Å²) in [5.74, 6) is -1.77. The highest BCUT2D eigenvalue weighted by Gasteiger charge is 2.47. The van der Waals surface area contributed by atoms with Crippen molar-refractivity contribution in [2.24, 2.45) is 29.4 Å². The SMILES string of the molecule is N[C@H](CCF)C1CCC(C(=O)N2CC[C@@H](C3CCCCC3)[C@H]2C(=O)Nc2ccc(C(=O)NS(=O)(=O)c3ccccc3F)cc2)CC1. The van der Waals surface area contributed by atoms with E-state index in [9.17, 15) is 31.6 Å². The van der Waals surface area contributed by atoms with Gasteiger partial charge in [-0.15, -0.1) is 0 Å². The van der Waals surface area contributed by atoms with Gasteiger partial charge in [-0.05, 0) is 92.7 Å². The Labute approximate surface area is 269 Å². The molecule has 0 radical (unpaired) electrons. The number of benzene rings is 2. The highest BCUT2D eigenvalue weighted by molar-refractivity contribution is 7.90. The van der Waals surface area contributed by atoms with Crippen molar-refractivity contribution in [2.45, 2.75) is 87.6 Å². The summed E-state index contributed by atoms with van der Waals surface area (Å²) in [6.45, 7) is 0.0788. The number of alkyl halides is 1. The second-order valence-corrected chi connectivity index (χ2v) is 14.7. The number of nitrogens with two attached hydrogens (primary N) is 1. The first kappa shape index (κ1) is 34.0. The fourth-order valence-electron chi connectivity index (χ4n) is 7.67. The van der Waals surface area contributed by atoms with E-state index in [0.717, 1.165) is 57.1 Å². The average molecular weight is 659 g/mol. The number of carbonyl (C=O) groups is 3. The van der Waals surface area contributed by atoms with Crippen molar-refractivity contribution in [3.05, 3.63) is 59.9 Å². The van der Waals surface area contributed by atoms with Gasteiger partial charge in [0.1, 0.15) is 16.8 Å². The lowest BCUT2D eigenvalue weighted by atomic mass is 9.76. The zero-order valence-electron chi connectivity index (χ0n) is 26.0. The smallest absolute Gasteiger partial charge is 0.267 e. The molecule has 9 nitrogen and oxygen atoms in total. The topological polar surface area (TPSA) is 139 Å². The Hall–Kier alpha value is -3.38. The van der Waals surface area contributed by atoms with E-state index in [1.54, 1.807) is 4.90 Å². The van der Waals surface area contributed by atoms with Crippen LogP contribution in [0.25, 0.3) is 0 Å². The van der Waals surface area contributed by atoms with Gasteiger partial charge in [0.15, 0.2) is 0 Å². The summed E-state index contributed by atoms with van der Waals surface area (Å²) in [6.07, 6.45) is 9.48. The van der Waals surface area contributed by atoms with Crippen LogP contribution < -0.4 is 15.8 Å². The number of carbonyl (C=O) groups excluding carboxylic acids is 3. The van der Waals surface area contributed by atoms with Crippen LogP contribution in [-0.2, 0) is 19.6 Å². The minimum absolute atomic E-state index is 0.000876. The molecule has 1 aliphatic heterocycles. The lowest BCUT2D eigenvalue weighted by Crippen LogP contribution is -2.50. The molecule has 12 heteroatoms. The second kappa shape index (κ2) is 15.0. The molecule has 3 amide bonds. The number of sulfonamides is 1. The monoisotopic (exact) mass is 658 g/mol. The quantitative estimate of drug-likeness (QED) is 0.322. The van der Waals surface area contributed by atoms with Gasteiger partial charge in [-0.2, -0.15) is 0 Å². The third-order valence-electron chi connectivity index (χ3n) is 10.2. The van der Waals surface area contributed by atoms with Gasteiger partial charge in [-0.1, -0.05) is 44.2 Å². The van der Waals surface area contributed by atoms with Gasteiger partial charge in [0.25, 0.3) is 15.9 Å². The third kappa shape index (κ3) is 7.76. The Bertz CT molecular complexity index is 1490. The van der Waals surface area contributed by atoms with Crippen molar-refractivity contribution in [3.8, 4) is 0 Å². The molecule has 250 valence electrons. The molecule has 3 aliphatic rings. The summed E-state index contributed by atoms with van der Waals surface area (Å²) in [4.78, 5) is 41.7. The van der Waals surface area contributed by atoms with E-state index < -0.39 is 39.4 Å². The molecule has 5 rings (SSSR count). The fraction of sp³-hybridized carbons (Fsp3) is 0.559. The zero-order chi connectivity index (χ0) is 32.8. The highest BCUT2D eigenvalue weighted by Crippen LogP contribution is 2.41. The number of nitrogens with zero attached hydrogens (tertiary/aromatic N) is 1. The van der Waals surface area contributed by atoms with Gasteiger partial charge in [0.2, 0.25) is 11.8 Å². The minimum Gasteiger partial charge on any atom is -0.330 e. The van der Waals surface area contributed by atoms with E-state index in [4.69, 9.17) is 5.73 Å². The number of nitrogens with one attached hydrogen (secondary N) is 2. The van der Waals surface area contributed by atoms with Crippen LogP contribution in [0.4, 0.5) is 14.5 Å². The van der Waals surface area contributed by atoms with E-state index in [1.165, 1.54) is 42.8 Å². The molecule has 2 aromatic rings. The predicted octanol–water partition coefficient (Wildman–Crippen LogP) is 5.17. The zero-order valence-corrected chi connectivity index (χ0v) is 26.8. The summed E-state index contributed by atoms with van der Waals surface area (Å²) >= 11 is 0. The summed E-state index contributed by atoms with van der Waals surface area (Å²) in [5.41, 5.74) is 6.59. The van der Waals surface area contributed by atoms with Crippen molar-refractivity contribution in [3.63, 3.8) is 0 Å². The van der Waals surface area contributed by atoms with Gasteiger partial charge < -0.3 is 16.0 Å². The van der Waals surface area contributed by atoms with E-state index >= 15 is 0 Å². The van der Waals surface area contributed by atoms with Crippen LogP contribution >= 0.6 is 0 Å². The van der Waals surface area contributed by atoms with Crippen LogP contribution in [0.3, 0.4) is 0 Å². The van der Waals surface area contributed by atoms with E-state index in [-0.39, 0.29) is 41.2 Å². The molecule has 1 saturated heterocycles. The maximum Gasteiger partial charge on any atom is 0.267 e. The molecule has 46 heavy (non-hydrogen) atoms. The molecule has 2 aliphatic carbocycles. The molecule has 0 spiro atoms. The third-order valence-corrected chi connectivity index (χ3v) is 11.6. The molecule has 2 aromatic carbocycles. The van der Waals surface area contributed by atoms with Gasteiger partial charge in [0, 0.05) is 29.8 Å². The van der Waals surface area contributed by atoms with Gasteiger partial charge in [-0.3, -0.25) is 18.8 Å². The second-order valence-electron chi connectivity index (χ2n) is 13.0. The van der Waals surface area contributed by atoms with Crippen LogP contribution in [0.5, 0.6) is 0 Å². The summed E-state index contributed by atoms with van der Waals surface area (Å²) in [7, 11) is -4.43. The van der Waals surface area contributed by atoms with Crippen LogP contribution in [0.1, 0.15) is 81.0 Å². The number of amides is 3. The first-order valence-electron chi connectivity index (χ1n) is 16.4. The largest absolute Gasteiger partial charge is 0.330 e. The van der Waals surface area contributed by atoms with Crippen LogP contribution in [0, 0.1) is 29.5 Å². The lowest BCUT2D eigenvalue weighted by Gasteiger charge is -2.37. The first-order chi connectivity index (χ1) is 22.1. The Morgan fingerprint density at radius 3 is 2.24 bits per heavy atom. The highest BCUT2D eigenvalue weighted by atomic mass is 32.2. The van der Waals surface area contributed by atoms with E-state index in [1.807, 2.05) is 4.72 Å². The Balaban J connectivity index is 1.26. The Kier molecular flexibility index (Phi) is 11.1. The summed E-state index contributed by atoms with van der Waals surface area (Å²) in [5, 5.41) is 2.94. The predicted molar refractivity (Wildman–Crippen MR) is 170 cm³/mol. The molecule has 0 aromatic heterocycles. The standard InChI is InChI=1S/C34H44F2N4O5S/c35-20-18-29(37)23-10-12-25(13-11-23)34(43)40-21-19-27(22-6-2-1-3-7-22)31(40)33(42)38-26-16-14-24(15-17-26)32(41)39-46(44,45)30-9-5-4-8-28(30)36/h4-5,8-9,14-17,22-23,25,27,29,31H,1-3,6-7,10-13,18-21,37H2,(H,38,42)(H,39,41)/t23?,25?,27-,29+,31-/m0/s1. The van der Waals surface area contributed by atoms with E-state index in [0.29, 0.717) is 37.4 Å². The van der Waals surface area contributed by atoms with Gasteiger partial charge >= 0.3 is 0 Å². The fourth-order valence-corrected chi connectivity index (χ4v) is 8.72. The van der Waals surface area contributed by atoms with Crippen molar-refractivity contribution >= 4 is 33.4 Å². The molecule has 3 fully saturated rings. The lowest BCUT2D eigenvalue weighted by molar-refractivity contribution is -0.142. The number of hydrogen-bond donors (Lipinski definition) is 3. The summed E-state index contributed by atoms with van der Waals surface area (Å²) < 4.78 is 53.8. The molecule has 2 saturated carbocycles. The number of anilines is 1. The van der Waals surface area contributed by atoms with Crippen molar-refractivity contribution < 1.29 is 31.6 Å². The van der Waals surface area contributed by atoms with Crippen molar-refractivity contribution in [1.82, 2.24) is 9.62 Å². The van der Waals surface area contributed by atoms with Crippen LogP contribution in [0.2, 0.25) is 0 Å². The Morgan fingerprint density at radius 1 is 0.913 bits per heavy atom. The number of halogens is 2. The normalized spacial score (nSPS) is 24.7.